The summed E-state index contributed by atoms with van der Waals surface area (Å²) in [6, 6.07) is 15.2. The van der Waals surface area contributed by atoms with Gasteiger partial charge in [0.15, 0.2) is 0 Å². The second kappa shape index (κ2) is 3.31. The summed E-state index contributed by atoms with van der Waals surface area (Å²) in [4.78, 5) is 3.40. The van der Waals surface area contributed by atoms with Gasteiger partial charge in [0.1, 0.15) is 0 Å². The first kappa shape index (κ1) is 6.23. The summed E-state index contributed by atoms with van der Waals surface area (Å²) in [5.41, 5.74) is 1.50. The molecule has 2 aromatic rings. The highest BCUT2D eigenvalue weighted by molar-refractivity contribution is 7.99. The molecule has 0 saturated carbocycles. The number of para-hydroxylation sites is 2. The number of anilines is 2. The fourth-order valence-corrected chi connectivity index (χ4v) is 2.76. The van der Waals surface area contributed by atoms with Crippen molar-refractivity contribution in [3.8, 4) is 0 Å². The lowest BCUT2D eigenvalue weighted by atomic mass is 10.2. The van der Waals surface area contributed by atoms with E-state index in [1.54, 1.807) is 11.8 Å². The van der Waals surface area contributed by atoms with Gasteiger partial charge in [-0.3, -0.25) is 0 Å². The first-order valence-electron chi connectivity index (χ1n) is 6.23. The molecule has 0 aromatic heterocycles. The lowest BCUT2D eigenvalue weighted by Gasteiger charge is -2.29. The van der Waals surface area contributed by atoms with E-state index < -0.39 is 6.98 Å². The van der Waals surface area contributed by atoms with Crippen molar-refractivity contribution in [3.63, 3.8) is 0 Å². The Morgan fingerprint density at radius 2 is 1.47 bits per heavy atom. The summed E-state index contributed by atoms with van der Waals surface area (Å²) in [6.07, 6.45) is 0. The Kier molecular flexibility index (Phi) is 1.38. The van der Waals surface area contributed by atoms with Gasteiger partial charge in [0.05, 0.1) is 11.4 Å². The van der Waals surface area contributed by atoms with Gasteiger partial charge < -0.3 is 4.90 Å². The monoisotopic (exact) mass is 216 g/mol. The molecule has 3 rings (SSSR count). The van der Waals surface area contributed by atoms with Crippen molar-refractivity contribution in [2.24, 2.45) is 0 Å². The van der Waals surface area contributed by atoms with Gasteiger partial charge in [0.25, 0.3) is 0 Å². The van der Waals surface area contributed by atoms with Crippen molar-refractivity contribution < 1.29 is 4.11 Å². The highest BCUT2D eigenvalue weighted by atomic mass is 32.2. The van der Waals surface area contributed by atoms with E-state index in [1.807, 2.05) is 48.5 Å². The van der Waals surface area contributed by atoms with E-state index in [2.05, 4.69) is 0 Å². The van der Waals surface area contributed by atoms with Gasteiger partial charge in [-0.2, -0.15) is 0 Å². The molecule has 0 fully saturated rings. The van der Waals surface area contributed by atoms with Crippen LogP contribution in [0.3, 0.4) is 0 Å². The molecule has 0 amide bonds. The molecule has 0 atom stereocenters. The molecule has 1 nitrogen and oxygen atoms in total. The number of nitrogens with zero attached hydrogens (tertiary/aromatic N) is 1. The predicted molar refractivity (Wildman–Crippen MR) is 65.1 cm³/mol. The van der Waals surface area contributed by atoms with Crippen LogP contribution in [0.2, 0.25) is 0 Å². The van der Waals surface area contributed by atoms with Gasteiger partial charge in [0.2, 0.25) is 0 Å². The summed E-state index contributed by atoms with van der Waals surface area (Å²) in [7, 11) is 0. The normalized spacial score (nSPS) is 17.1. The summed E-state index contributed by atoms with van der Waals surface area (Å²) in [5, 5.41) is 0. The van der Waals surface area contributed by atoms with E-state index in [0.29, 0.717) is 0 Å². The summed E-state index contributed by atoms with van der Waals surface area (Å²) < 4.78 is 23.2. The van der Waals surface area contributed by atoms with Crippen LogP contribution < -0.4 is 4.90 Å². The Labute approximate surface area is 97.9 Å². The highest BCUT2D eigenvalue weighted by Crippen LogP contribution is 2.46. The van der Waals surface area contributed by atoms with Gasteiger partial charge in [-0.05, 0) is 24.3 Å². The molecule has 2 aromatic carbocycles. The van der Waals surface area contributed by atoms with Crippen molar-refractivity contribution >= 4 is 23.1 Å². The largest absolute Gasteiger partial charge is 0.343 e. The van der Waals surface area contributed by atoms with Gasteiger partial charge in [-0.25, -0.2) is 0 Å². The van der Waals surface area contributed by atoms with Gasteiger partial charge in [0, 0.05) is 20.9 Å². The van der Waals surface area contributed by atoms with Gasteiger partial charge >= 0.3 is 0 Å². The maximum absolute atomic E-state index is 7.74. The molecular weight excluding hydrogens is 202 g/mol. The standard InChI is InChI=1S/C13H11NS/c1-14-10-6-2-4-8-12(10)15-13-9-5-3-7-11(13)14/h2-9H,1H3/i1D3. The molecule has 74 valence electrons. The Morgan fingerprint density at radius 3 is 2.00 bits per heavy atom. The first-order valence-corrected chi connectivity index (χ1v) is 5.55. The minimum absolute atomic E-state index is 0.751. The third-order valence-electron chi connectivity index (χ3n) is 2.43. The molecule has 15 heavy (non-hydrogen) atoms. The molecule has 0 N–H and O–H groups in total. The number of hydrogen-bond donors (Lipinski definition) is 0. The maximum atomic E-state index is 7.74. The van der Waals surface area contributed by atoms with E-state index >= 15 is 0 Å². The van der Waals surface area contributed by atoms with E-state index in [0.717, 1.165) is 21.2 Å². The van der Waals surface area contributed by atoms with Gasteiger partial charge in [-0.15, -0.1) is 0 Å². The molecule has 0 radical (unpaired) electrons. The average molecular weight is 216 g/mol. The van der Waals surface area contributed by atoms with Crippen molar-refractivity contribution in [1.82, 2.24) is 0 Å². The molecule has 0 unspecified atom stereocenters. The van der Waals surface area contributed by atoms with Crippen LogP contribution in [-0.2, 0) is 0 Å². The molecule has 1 aliphatic heterocycles. The predicted octanol–water partition coefficient (Wildman–Crippen LogP) is 3.92. The Balaban J connectivity index is 2.24. The lowest BCUT2D eigenvalue weighted by molar-refractivity contribution is 1.11. The topological polar surface area (TPSA) is 3.24 Å². The minimum atomic E-state index is -2.17. The Bertz CT molecular complexity index is 549. The zero-order valence-electron chi connectivity index (χ0n) is 11.0. The van der Waals surface area contributed by atoms with Crippen LogP contribution in [-0.4, -0.2) is 6.98 Å². The van der Waals surface area contributed by atoms with E-state index in [9.17, 15) is 0 Å². The van der Waals surface area contributed by atoms with Crippen LogP contribution in [0.4, 0.5) is 11.4 Å². The zero-order valence-corrected chi connectivity index (χ0v) is 8.79. The van der Waals surface area contributed by atoms with E-state index in [1.165, 1.54) is 4.90 Å². The first-order chi connectivity index (χ1) is 8.57. The second-order valence-corrected chi connectivity index (χ2v) is 4.46. The molecule has 0 aliphatic carbocycles. The van der Waals surface area contributed by atoms with Crippen LogP contribution in [0.15, 0.2) is 58.3 Å². The summed E-state index contributed by atoms with van der Waals surface area (Å²) in [5.74, 6) is 0. The lowest BCUT2D eigenvalue weighted by Crippen LogP contribution is -2.14. The molecule has 0 bridgehead atoms. The van der Waals surface area contributed by atoms with Crippen molar-refractivity contribution in [2.75, 3.05) is 11.9 Å². The molecular formula is C13H11NS. The third kappa shape index (κ3) is 1.33. The third-order valence-corrected chi connectivity index (χ3v) is 3.56. The molecule has 2 heteroatoms. The van der Waals surface area contributed by atoms with Crippen molar-refractivity contribution in [3.05, 3.63) is 48.5 Å². The van der Waals surface area contributed by atoms with Crippen LogP contribution in [0.5, 0.6) is 0 Å². The zero-order chi connectivity index (χ0) is 12.8. The van der Waals surface area contributed by atoms with Crippen LogP contribution in [0.25, 0.3) is 0 Å². The fourth-order valence-electron chi connectivity index (χ4n) is 1.70. The Morgan fingerprint density at radius 1 is 0.933 bits per heavy atom. The highest BCUT2D eigenvalue weighted by Gasteiger charge is 2.18. The quantitative estimate of drug-likeness (QED) is 0.656. The molecule has 1 aliphatic rings. The summed E-state index contributed by atoms with van der Waals surface area (Å²) in [6.45, 7) is -2.17. The smallest absolute Gasteiger partial charge is 0.0550 e. The number of benzene rings is 2. The van der Waals surface area contributed by atoms with Crippen LogP contribution in [0.1, 0.15) is 4.11 Å². The van der Waals surface area contributed by atoms with Crippen molar-refractivity contribution in [1.29, 1.82) is 0 Å². The summed E-state index contributed by atoms with van der Waals surface area (Å²) >= 11 is 1.61. The molecule has 0 spiro atoms. The number of rotatable bonds is 0. The maximum Gasteiger partial charge on any atom is 0.0550 e. The van der Waals surface area contributed by atoms with E-state index in [4.69, 9.17) is 4.11 Å². The number of hydrogen-bond acceptors (Lipinski definition) is 2. The minimum Gasteiger partial charge on any atom is -0.343 e. The van der Waals surface area contributed by atoms with Crippen LogP contribution >= 0.6 is 11.8 Å². The number of fused-ring (bicyclic) bond motifs is 2. The fraction of sp³-hybridized carbons (Fsp3) is 0.0769. The second-order valence-electron chi connectivity index (χ2n) is 3.37. The molecule has 1 heterocycles. The van der Waals surface area contributed by atoms with E-state index in [-0.39, 0.29) is 0 Å². The molecule has 0 saturated heterocycles. The van der Waals surface area contributed by atoms with Gasteiger partial charge in [-0.1, -0.05) is 36.0 Å². The SMILES string of the molecule is [2H]C([2H])([2H])N1c2ccccc2Sc2ccccc21. The average Bonchev–Trinajstić information content (AvgIpc) is 2.34. The Hall–Kier alpha value is -1.41. The van der Waals surface area contributed by atoms with Crippen molar-refractivity contribution in [2.45, 2.75) is 9.79 Å². The van der Waals surface area contributed by atoms with Crippen LogP contribution in [0, 0.1) is 0 Å².